The van der Waals surface area contributed by atoms with Gasteiger partial charge >= 0.3 is 17.7 Å². The second kappa shape index (κ2) is 10.8. The number of benzene rings is 2. The van der Waals surface area contributed by atoms with Gasteiger partial charge in [-0.2, -0.15) is 0 Å². The van der Waals surface area contributed by atoms with Crippen LogP contribution >= 0.6 is 0 Å². The number of unbranched alkanes of at least 4 members (excludes halogenated alkanes) is 1. The van der Waals surface area contributed by atoms with Gasteiger partial charge < -0.3 is 19.2 Å². The normalized spacial score (nSPS) is 11.8. The lowest BCUT2D eigenvalue weighted by Gasteiger charge is -2.18. The number of esters is 1. The Labute approximate surface area is 192 Å². The maximum absolute atomic E-state index is 13.1. The Bertz CT molecular complexity index is 1200. The van der Waals surface area contributed by atoms with Crippen molar-refractivity contribution in [2.75, 3.05) is 0 Å². The van der Waals surface area contributed by atoms with Gasteiger partial charge in [-0.25, -0.2) is 14.4 Å². The fraction of sp³-hybridized carbons (Fsp3) is 0.346. The van der Waals surface area contributed by atoms with Gasteiger partial charge in [-0.15, -0.1) is 0 Å². The lowest BCUT2D eigenvalue weighted by Crippen LogP contribution is -2.43. The number of ether oxygens (including phenoxy) is 2. The third kappa shape index (κ3) is 6.00. The summed E-state index contributed by atoms with van der Waals surface area (Å²) in [7, 11) is 0. The first-order chi connectivity index (χ1) is 15.8. The highest BCUT2D eigenvalue weighted by molar-refractivity contribution is 5.92. The van der Waals surface area contributed by atoms with E-state index in [1.54, 1.807) is 26.0 Å². The molecule has 1 amide bonds. The van der Waals surface area contributed by atoms with Crippen molar-refractivity contribution < 1.29 is 23.5 Å². The molecule has 2 aromatic carbocycles. The summed E-state index contributed by atoms with van der Waals surface area (Å²) >= 11 is 0. The molecule has 0 aliphatic rings. The van der Waals surface area contributed by atoms with E-state index in [9.17, 15) is 14.4 Å². The molecule has 0 saturated carbocycles. The highest BCUT2D eigenvalue weighted by atomic mass is 16.6. The van der Waals surface area contributed by atoms with E-state index >= 15 is 0 Å². The van der Waals surface area contributed by atoms with Crippen molar-refractivity contribution >= 4 is 23.0 Å². The SMILES string of the molecule is CCCCC(NC(=O)OCc1ccccc1)C(=O)Oc1cc(C)cc2oc(=O)c(C)c(C)c12. The molecule has 0 fully saturated rings. The summed E-state index contributed by atoms with van der Waals surface area (Å²) in [5.74, 6) is -0.310. The number of hydrogen-bond donors (Lipinski definition) is 1. The van der Waals surface area contributed by atoms with Gasteiger partial charge in [-0.3, -0.25) is 0 Å². The van der Waals surface area contributed by atoms with Crippen LogP contribution in [0.25, 0.3) is 11.0 Å². The third-order valence-electron chi connectivity index (χ3n) is 5.50. The van der Waals surface area contributed by atoms with E-state index in [0.717, 1.165) is 24.0 Å². The van der Waals surface area contributed by atoms with Crippen LogP contribution in [0.5, 0.6) is 5.75 Å². The minimum atomic E-state index is -0.874. The lowest BCUT2D eigenvalue weighted by molar-refractivity contribution is -0.136. The van der Waals surface area contributed by atoms with Crippen LogP contribution in [-0.4, -0.2) is 18.1 Å². The Morgan fingerprint density at radius 3 is 2.48 bits per heavy atom. The van der Waals surface area contributed by atoms with E-state index in [1.807, 2.05) is 44.2 Å². The molecule has 1 aromatic heterocycles. The van der Waals surface area contributed by atoms with E-state index in [1.165, 1.54) is 0 Å². The zero-order valence-corrected chi connectivity index (χ0v) is 19.4. The van der Waals surface area contributed by atoms with Crippen LogP contribution < -0.4 is 15.7 Å². The molecule has 1 atom stereocenters. The predicted molar refractivity (Wildman–Crippen MR) is 125 cm³/mol. The average Bonchev–Trinajstić information content (AvgIpc) is 2.79. The first-order valence-corrected chi connectivity index (χ1v) is 11.0. The van der Waals surface area contributed by atoms with Gasteiger partial charge in [0.15, 0.2) is 0 Å². The highest BCUT2D eigenvalue weighted by Crippen LogP contribution is 2.31. The average molecular weight is 452 g/mol. The minimum absolute atomic E-state index is 0.0994. The van der Waals surface area contributed by atoms with Crippen molar-refractivity contribution in [1.82, 2.24) is 5.32 Å². The van der Waals surface area contributed by atoms with Gasteiger partial charge in [0.1, 0.15) is 24.0 Å². The predicted octanol–water partition coefficient (Wildman–Crippen LogP) is 5.11. The van der Waals surface area contributed by atoms with Gasteiger partial charge in [0.2, 0.25) is 0 Å². The van der Waals surface area contributed by atoms with Crippen LogP contribution in [0.1, 0.15) is 48.4 Å². The summed E-state index contributed by atoms with van der Waals surface area (Å²) in [5, 5.41) is 3.19. The number of carbonyl (C=O) groups is 2. The fourth-order valence-corrected chi connectivity index (χ4v) is 3.51. The first kappa shape index (κ1) is 24.0. The van der Waals surface area contributed by atoms with Crippen LogP contribution in [0, 0.1) is 20.8 Å². The van der Waals surface area contributed by atoms with Crippen LogP contribution in [0.15, 0.2) is 51.7 Å². The Morgan fingerprint density at radius 2 is 1.79 bits per heavy atom. The number of alkyl carbamates (subject to hydrolysis) is 1. The van der Waals surface area contributed by atoms with Crippen LogP contribution in [0.2, 0.25) is 0 Å². The molecule has 7 heteroatoms. The molecule has 1 N–H and O–H groups in total. The quantitative estimate of drug-likeness (QED) is 0.291. The van der Waals surface area contributed by atoms with E-state index in [-0.39, 0.29) is 6.61 Å². The van der Waals surface area contributed by atoms with Gasteiger partial charge in [-0.1, -0.05) is 50.1 Å². The van der Waals surface area contributed by atoms with Crippen molar-refractivity contribution in [3.63, 3.8) is 0 Å². The number of carbonyl (C=O) groups excluding carboxylic acids is 2. The van der Waals surface area contributed by atoms with Gasteiger partial charge in [0.25, 0.3) is 0 Å². The number of fused-ring (bicyclic) bond motifs is 1. The molecule has 0 bridgehead atoms. The molecule has 0 aliphatic heterocycles. The van der Waals surface area contributed by atoms with Crippen LogP contribution in [0.4, 0.5) is 4.79 Å². The maximum atomic E-state index is 13.1. The van der Waals surface area contributed by atoms with Crippen LogP contribution in [-0.2, 0) is 16.1 Å². The van der Waals surface area contributed by atoms with Gasteiger partial charge in [0, 0.05) is 5.56 Å². The summed E-state index contributed by atoms with van der Waals surface area (Å²) in [6.07, 6.45) is 1.29. The Hall–Kier alpha value is -3.61. The molecular weight excluding hydrogens is 422 g/mol. The second-order valence-electron chi connectivity index (χ2n) is 8.10. The summed E-state index contributed by atoms with van der Waals surface area (Å²) in [6.45, 7) is 7.37. The van der Waals surface area contributed by atoms with Crippen molar-refractivity contribution in [1.29, 1.82) is 0 Å². The zero-order valence-electron chi connectivity index (χ0n) is 19.4. The first-order valence-electron chi connectivity index (χ1n) is 11.0. The number of hydrogen-bond acceptors (Lipinski definition) is 6. The standard InChI is InChI=1S/C26H29NO6/c1-5-6-12-20(27-26(30)31-15-19-10-8-7-9-11-19)25(29)33-22-14-16(2)13-21-23(22)17(3)18(4)24(28)32-21/h7-11,13-14,20H,5-6,12,15H2,1-4H3,(H,27,30). The molecular formula is C26H29NO6. The van der Waals surface area contributed by atoms with Gasteiger partial charge in [0.05, 0.1) is 5.39 Å². The smallest absolute Gasteiger partial charge is 0.408 e. The molecule has 3 rings (SSSR count). The van der Waals surface area contributed by atoms with E-state index < -0.39 is 23.7 Å². The Kier molecular flexibility index (Phi) is 7.87. The number of amides is 1. The van der Waals surface area contributed by atoms with Crippen molar-refractivity contribution in [3.8, 4) is 5.75 Å². The monoisotopic (exact) mass is 451 g/mol. The number of nitrogens with one attached hydrogen (secondary N) is 1. The van der Waals surface area contributed by atoms with E-state index in [2.05, 4.69) is 5.32 Å². The molecule has 1 unspecified atom stereocenters. The van der Waals surface area contributed by atoms with Crippen molar-refractivity contribution in [3.05, 3.63) is 75.1 Å². The van der Waals surface area contributed by atoms with Crippen molar-refractivity contribution in [2.45, 2.75) is 59.6 Å². The zero-order chi connectivity index (χ0) is 24.0. The highest BCUT2D eigenvalue weighted by Gasteiger charge is 2.25. The molecule has 0 saturated heterocycles. The molecule has 174 valence electrons. The molecule has 3 aromatic rings. The molecule has 0 spiro atoms. The Morgan fingerprint density at radius 1 is 1.06 bits per heavy atom. The van der Waals surface area contributed by atoms with E-state index in [0.29, 0.717) is 34.3 Å². The Balaban J connectivity index is 1.80. The number of rotatable bonds is 8. The molecule has 7 nitrogen and oxygen atoms in total. The van der Waals surface area contributed by atoms with Crippen LogP contribution in [0.3, 0.4) is 0 Å². The largest absolute Gasteiger partial charge is 0.445 e. The molecule has 0 aliphatic carbocycles. The summed E-state index contributed by atoms with van der Waals surface area (Å²) in [5.41, 5.74) is 2.69. The second-order valence-corrected chi connectivity index (χ2v) is 8.10. The molecule has 1 heterocycles. The van der Waals surface area contributed by atoms with Gasteiger partial charge in [-0.05, 0) is 56.0 Å². The summed E-state index contributed by atoms with van der Waals surface area (Å²) < 4.78 is 16.4. The number of aryl methyl sites for hydroxylation is 2. The summed E-state index contributed by atoms with van der Waals surface area (Å²) in [6, 6.07) is 11.9. The summed E-state index contributed by atoms with van der Waals surface area (Å²) in [4.78, 5) is 37.5. The third-order valence-corrected chi connectivity index (χ3v) is 5.50. The van der Waals surface area contributed by atoms with E-state index in [4.69, 9.17) is 13.9 Å². The molecule has 33 heavy (non-hydrogen) atoms. The maximum Gasteiger partial charge on any atom is 0.408 e. The fourth-order valence-electron chi connectivity index (χ4n) is 3.51. The minimum Gasteiger partial charge on any atom is -0.445 e. The lowest BCUT2D eigenvalue weighted by atomic mass is 10.0. The molecule has 0 radical (unpaired) electrons. The van der Waals surface area contributed by atoms with Crippen molar-refractivity contribution in [2.24, 2.45) is 0 Å². The topological polar surface area (TPSA) is 94.8 Å².